The Bertz CT molecular complexity index is 713. The number of benzene rings is 2. The van der Waals surface area contributed by atoms with E-state index in [0.717, 1.165) is 12.1 Å². The average molecular weight is 289 g/mol. The Morgan fingerprint density at radius 3 is 2.05 bits per heavy atom. The Morgan fingerprint density at radius 2 is 1.57 bits per heavy atom. The lowest BCUT2D eigenvalue weighted by Crippen LogP contribution is -1.98. The van der Waals surface area contributed by atoms with E-state index in [4.69, 9.17) is 14.7 Å². The highest BCUT2D eigenvalue weighted by Crippen LogP contribution is 2.39. The molecule has 0 amide bonds. The minimum Gasteiger partial charge on any atom is -0.497 e. The third-order valence-electron chi connectivity index (χ3n) is 3.15. The predicted molar refractivity (Wildman–Crippen MR) is 74.4 cm³/mol. The van der Waals surface area contributed by atoms with Gasteiger partial charge >= 0.3 is 0 Å². The lowest BCUT2D eigenvalue weighted by molar-refractivity contribution is 0.394. The molecule has 0 aromatic heterocycles. The summed E-state index contributed by atoms with van der Waals surface area (Å²) in [5, 5.41) is 8.75. The maximum atomic E-state index is 14.2. The molecule has 0 N–H and O–H groups in total. The van der Waals surface area contributed by atoms with Crippen LogP contribution in [0.3, 0.4) is 0 Å². The number of nitriles is 1. The number of ether oxygens (including phenoxy) is 2. The summed E-state index contributed by atoms with van der Waals surface area (Å²) >= 11 is 0. The third-order valence-corrected chi connectivity index (χ3v) is 3.15. The summed E-state index contributed by atoms with van der Waals surface area (Å²) in [7, 11) is 2.91. The zero-order valence-corrected chi connectivity index (χ0v) is 11.8. The van der Waals surface area contributed by atoms with Gasteiger partial charge < -0.3 is 9.47 Å². The van der Waals surface area contributed by atoms with E-state index in [0.29, 0.717) is 22.6 Å². The summed E-state index contributed by atoms with van der Waals surface area (Å²) < 4.78 is 38.7. The average Bonchev–Trinajstić information content (AvgIpc) is 2.47. The van der Waals surface area contributed by atoms with Crippen molar-refractivity contribution in [3.63, 3.8) is 0 Å². The zero-order chi connectivity index (χ0) is 15.6. The second-order valence-electron chi connectivity index (χ2n) is 4.45. The summed E-state index contributed by atoms with van der Waals surface area (Å²) in [5.41, 5.74) is 0.622. The van der Waals surface area contributed by atoms with Crippen molar-refractivity contribution in [1.82, 2.24) is 0 Å². The molecule has 0 saturated heterocycles. The first-order valence-electron chi connectivity index (χ1n) is 6.14. The van der Waals surface area contributed by atoms with E-state index in [1.807, 2.05) is 0 Å². The topological polar surface area (TPSA) is 42.2 Å². The summed E-state index contributed by atoms with van der Waals surface area (Å²) in [6.07, 6.45) is 0. The van der Waals surface area contributed by atoms with Crippen LogP contribution in [0.1, 0.15) is 11.1 Å². The summed E-state index contributed by atoms with van der Waals surface area (Å²) in [6, 6.07) is 6.94. The first kappa shape index (κ1) is 14.8. The van der Waals surface area contributed by atoms with E-state index in [-0.39, 0.29) is 11.1 Å². The van der Waals surface area contributed by atoms with Crippen molar-refractivity contribution >= 4 is 0 Å². The molecule has 0 radical (unpaired) electrons. The smallest absolute Gasteiger partial charge is 0.135 e. The molecule has 0 aliphatic carbocycles. The highest BCUT2D eigenvalue weighted by molar-refractivity contribution is 5.76. The molecule has 108 valence electrons. The van der Waals surface area contributed by atoms with Gasteiger partial charge in [0.05, 0.1) is 31.4 Å². The molecule has 0 atom stereocenters. The number of methoxy groups -OCH3 is 2. The van der Waals surface area contributed by atoms with Crippen molar-refractivity contribution in [2.24, 2.45) is 0 Å². The second-order valence-corrected chi connectivity index (χ2v) is 4.45. The fourth-order valence-corrected chi connectivity index (χ4v) is 2.20. The molecule has 2 rings (SSSR count). The van der Waals surface area contributed by atoms with Gasteiger partial charge in [-0.1, -0.05) is 0 Å². The zero-order valence-electron chi connectivity index (χ0n) is 11.8. The van der Waals surface area contributed by atoms with Crippen molar-refractivity contribution < 1.29 is 18.3 Å². The molecule has 2 aromatic rings. The molecule has 0 fully saturated rings. The molecule has 3 nitrogen and oxygen atoms in total. The number of hydrogen-bond acceptors (Lipinski definition) is 3. The monoisotopic (exact) mass is 289 g/mol. The van der Waals surface area contributed by atoms with Gasteiger partial charge in [0.15, 0.2) is 0 Å². The Labute approximate surface area is 121 Å². The van der Waals surface area contributed by atoms with Crippen molar-refractivity contribution in [2.75, 3.05) is 14.2 Å². The van der Waals surface area contributed by atoms with Crippen LogP contribution in [0.2, 0.25) is 0 Å². The molecular weight excluding hydrogens is 276 g/mol. The highest BCUT2D eigenvalue weighted by atomic mass is 19.1. The van der Waals surface area contributed by atoms with Gasteiger partial charge in [-0.3, -0.25) is 0 Å². The van der Waals surface area contributed by atoms with Crippen molar-refractivity contribution in [3.8, 4) is 28.7 Å². The minimum atomic E-state index is -0.807. The van der Waals surface area contributed by atoms with E-state index in [2.05, 4.69) is 0 Å². The van der Waals surface area contributed by atoms with Crippen molar-refractivity contribution in [2.45, 2.75) is 6.92 Å². The number of aryl methyl sites for hydroxylation is 1. The van der Waals surface area contributed by atoms with E-state index < -0.39 is 11.6 Å². The lowest BCUT2D eigenvalue weighted by atomic mass is 9.97. The first-order valence-corrected chi connectivity index (χ1v) is 6.14. The molecule has 0 saturated carbocycles. The van der Waals surface area contributed by atoms with Crippen LogP contribution in [0.15, 0.2) is 24.3 Å². The van der Waals surface area contributed by atoms with Crippen LogP contribution in [0, 0.1) is 29.9 Å². The first-order chi connectivity index (χ1) is 10.0. The van der Waals surface area contributed by atoms with Crippen LogP contribution >= 0.6 is 0 Å². The maximum absolute atomic E-state index is 14.2. The Morgan fingerprint density at radius 1 is 0.952 bits per heavy atom. The second kappa shape index (κ2) is 5.80. The van der Waals surface area contributed by atoms with E-state index in [1.54, 1.807) is 25.1 Å². The molecule has 21 heavy (non-hydrogen) atoms. The van der Waals surface area contributed by atoms with Crippen LogP contribution in [-0.4, -0.2) is 14.2 Å². The number of hydrogen-bond donors (Lipinski definition) is 0. The number of nitrogens with zero attached hydrogens (tertiary/aromatic N) is 1. The Hall–Kier alpha value is -2.61. The fraction of sp³-hybridized carbons (Fsp3) is 0.188. The van der Waals surface area contributed by atoms with Gasteiger partial charge in [0, 0.05) is 11.6 Å². The molecular formula is C16H13F2NO2. The SMILES string of the molecule is COc1cc(C)c(-c2c(F)cc(C#N)cc2F)c(OC)c1. The van der Waals surface area contributed by atoms with Gasteiger partial charge in [-0.2, -0.15) is 5.26 Å². The van der Waals surface area contributed by atoms with Gasteiger partial charge in [0.25, 0.3) is 0 Å². The largest absolute Gasteiger partial charge is 0.497 e. The Kier molecular flexibility index (Phi) is 4.08. The maximum Gasteiger partial charge on any atom is 0.135 e. The molecule has 5 heteroatoms. The lowest BCUT2D eigenvalue weighted by Gasteiger charge is -2.15. The van der Waals surface area contributed by atoms with Crippen LogP contribution < -0.4 is 9.47 Å². The van der Waals surface area contributed by atoms with Crippen LogP contribution in [0.4, 0.5) is 8.78 Å². The van der Waals surface area contributed by atoms with Crippen molar-refractivity contribution in [3.05, 3.63) is 47.0 Å². The normalized spacial score (nSPS) is 10.1. The molecule has 0 heterocycles. The standard InChI is InChI=1S/C16H13F2NO2/c1-9-4-11(20-2)7-14(21-3)15(9)16-12(17)5-10(8-19)6-13(16)18/h4-7H,1-3H3. The third kappa shape index (κ3) is 2.65. The predicted octanol–water partition coefficient (Wildman–Crippen LogP) is 3.83. The fourth-order valence-electron chi connectivity index (χ4n) is 2.20. The number of rotatable bonds is 3. The van der Waals surface area contributed by atoms with Crippen LogP contribution in [-0.2, 0) is 0 Å². The van der Waals surface area contributed by atoms with Gasteiger partial charge in [-0.15, -0.1) is 0 Å². The molecule has 0 unspecified atom stereocenters. The summed E-state index contributed by atoms with van der Waals surface area (Å²) in [5.74, 6) is -0.784. The van der Waals surface area contributed by atoms with E-state index >= 15 is 0 Å². The van der Waals surface area contributed by atoms with E-state index in [1.165, 1.54) is 14.2 Å². The van der Waals surface area contributed by atoms with Gasteiger partial charge in [0.1, 0.15) is 23.1 Å². The number of halogens is 2. The molecule has 0 spiro atoms. The van der Waals surface area contributed by atoms with Crippen molar-refractivity contribution in [1.29, 1.82) is 5.26 Å². The van der Waals surface area contributed by atoms with Crippen LogP contribution in [0.5, 0.6) is 11.5 Å². The van der Waals surface area contributed by atoms with E-state index in [9.17, 15) is 8.78 Å². The molecule has 2 aromatic carbocycles. The highest BCUT2D eigenvalue weighted by Gasteiger charge is 2.20. The minimum absolute atomic E-state index is 0.0705. The molecule has 0 aliphatic heterocycles. The van der Waals surface area contributed by atoms with Crippen LogP contribution in [0.25, 0.3) is 11.1 Å². The van der Waals surface area contributed by atoms with Gasteiger partial charge in [0.2, 0.25) is 0 Å². The Balaban J connectivity index is 2.76. The quantitative estimate of drug-likeness (QED) is 0.862. The van der Waals surface area contributed by atoms with Gasteiger partial charge in [-0.25, -0.2) is 8.78 Å². The summed E-state index contributed by atoms with van der Waals surface area (Å²) in [4.78, 5) is 0. The molecule has 0 aliphatic rings. The summed E-state index contributed by atoms with van der Waals surface area (Å²) in [6.45, 7) is 1.71. The van der Waals surface area contributed by atoms with Gasteiger partial charge in [-0.05, 0) is 30.7 Å². The molecule has 0 bridgehead atoms.